The van der Waals surface area contributed by atoms with E-state index in [1.807, 2.05) is 44.2 Å². The van der Waals surface area contributed by atoms with Gasteiger partial charge in [-0.3, -0.25) is 4.79 Å². The predicted octanol–water partition coefficient (Wildman–Crippen LogP) is 3.22. The Morgan fingerprint density at radius 3 is 2.71 bits per heavy atom. The zero-order valence-electron chi connectivity index (χ0n) is 12.0. The molecule has 0 N–H and O–H groups in total. The Morgan fingerprint density at radius 1 is 1.38 bits per heavy atom. The highest BCUT2D eigenvalue weighted by atomic mass is 32.1. The van der Waals surface area contributed by atoms with Crippen molar-refractivity contribution >= 4 is 23.1 Å². The average molecular weight is 300 g/mol. The molecule has 1 aromatic carbocycles. The molecule has 2 aromatic rings. The molecule has 0 atom stereocenters. The molecule has 0 saturated carbocycles. The zero-order chi connectivity index (χ0) is 15.2. The average Bonchev–Trinajstić information content (AvgIpc) is 2.98. The summed E-state index contributed by atoms with van der Waals surface area (Å²) in [5, 5.41) is 12.9. The maximum Gasteiger partial charge on any atom is 0.271 e. The molecule has 5 nitrogen and oxygen atoms in total. The van der Waals surface area contributed by atoms with Crippen LogP contribution >= 0.6 is 11.5 Å². The monoisotopic (exact) mass is 300 g/mol. The molecule has 0 spiro atoms. The van der Waals surface area contributed by atoms with E-state index in [1.54, 1.807) is 4.90 Å². The van der Waals surface area contributed by atoms with E-state index in [0.717, 1.165) is 17.2 Å². The third kappa shape index (κ3) is 3.44. The number of hydrogen-bond donors (Lipinski definition) is 0. The fourth-order valence-corrected chi connectivity index (χ4v) is 2.73. The van der Waals surface area contributed by atoms with Gasteiger partial charge in [0.25, 0.3) is 5.91 Å². The van der Waals surface area contributed by atoms with Gasteiger partial charge in [-0.15, -0.1) is 5.10 Å². The van der Waals surface area contributed by atoms with Crippen LogP contribution in [0.4, 0.5) is 5.69 Å². The summed E-state index contributed by atoms with van der Waals surface area (Å²) in [7, 11) is 0. The smallest absolute Gasteiger partial charge is 0.271 e. The number of benzene rings is 1. The molecule has 0 fully saturated rings. The second-order valence-electron chi connectivity index (χ2n) is 4.84. The largest absolute Gasteiger partial charge is 0.307 e. The van der Waals surface area contributed by atoms with Crippen LogP contribution in [-0.2, 0) is 0 Å². The minimum atomic E-state index is -0.143. The van der Waals surface area contributed by atoms with Crippen molar-refractivity contribution in [3.8, 4) is 6.07 Å². The number of anilines is 1. The Hall–Kier alpha value is -2.26. The van der Waals surface area contributed by atoms with E-state index < -0.39 is 0 Å². The molecule has 1 amide bonds. The van der Waals surface area contributed by atoms with Crippen molar-refractivity contribution in [2.75, 3.05) is 11.4 Å². The molecular formula is C15H16N4OS. The number of para-hydroxylation sites is 1. The van der Waals surface area contributed by atoms with E-state index in [-0.39, 0.29) is 18.2 Å². The molecule has 108 valence electrons. The van der Waals surface area contributed by atoms with Gasteiger partial charge in [0.15, 0.2) is 0 Å². The number of hydrogen-bond acceptors (Lipinski definition) is 5. The Balaban J connectivity index is 2.35. The van der Waals surface area contributed by atoms with Crippen molar-refractivity contribution in [3.05, 3.63) is 40.9 Å². The summed E-state index contributed by atoms with van der Waals surface area (Å²) in [6.07, 6.45) is 0.282. The number of nitrogens with zero attached hydrogens (tertiary/aromatic N) is 4. The minimum absolute atomic E-state index is 0.135. The van der Waals surface area contributed by atoms with Crippen LogP contribution in [0.1, 0.15) is 41.6 Å². The lowest BCUT2D eigenvalue weighted by atomic mass is 10.1. The van der Waals surface area contributed by atoms with Crippen molar-refractivity contribution < 1.29 is 4.79 Å². The van der Waals surface area contributed by atoms with E-state index in [9.17, 15) is 4.79 Å². The third-order valence-electron chi connectivity index (χ3n) is 3.01. The minimum Gasteiger partial charge on any atom is -0.307 e. The normalized spacial score (nSPS) is 10.4. The van der Waals surface area contributed by atoms with E-state index in [1.165, 1.54) is 0 Å². The van der Waals surface area contributed by atoms with E-state index in [2.05, 4.69) is 15.7 Å². The summed E-state index contributed by atoms with van der Waals surface area (Å²) in [6, 6.07) is 11.4. The van der Waals surface area contributed by atoms with E-state index in [4.69, 9.17) is 5.26 Å². The van der Waals surface area contributed by atoms with Crippen LogP contribution in [0.25, 0.3) is 0 Å². The van der Waals surface area contributed by atoms with Crippen LogP contribution in [0, 0.1) is 11.3 Å². The summed E-state index contributed by atoms with van der Waals surface area (Å²) in [5.41, 5.74) is 1.49. The van der Waals surface area contributed by atoms with Crippen molar-refractivity contribution in [1.29, 1.82) is 5.26 Å². The molecule has 6 heteroatoms. The van der Waals surface area contributed by atoms with Gasteiger partial charge >= 0.3 is 0 Å². The zero-order valence-corrected chi connectivity index (χ0v) is 12.8. The molecule has 0 bridgehead atoms. The van der Waals surface area contributed by atoms with Gasteiger partial charge in [0.2, 0.25) is 0 Å². The van der Waals surface area contributed by atoms with Crippen molar-refractivity contribution in [2.45, 2.75) is 26.2 Å². The first-order valence-corrected chi connectivity index (χ1v) is 7.48. The predicted molar refractivity (Wildman–Crippen MR) is 82.3 cm³/mol. The molecule has 2 rings (SSSR count). The Labute approximate surface area is 128 Å². The molecule has 0 unspecified atom stereocenters. The van der Waals surface area contributed by atoms with Crippen LogP contribution in [0.15, 0.2) is 30.3 Å². The number of rotatable bonds is 5. The maximum absolute atomic E-state index is 12.8. The lowest BCUT2D eigenvalue weighted by molar-refractivity contribution is 0.0990. The molecule has 0 radical (unpaired) electrons. The molecule has 0 aliphatic heterocycles. The number of amides is 1. The number of nitriles is 1. The lowest BCUT2D eigenvalue weighted by Crippen LogP contribution is -2.32. The van der Waals surface area contributed by atoms with Crippen molar-refractivity contribution in [2.24, 2.45) is 0 Å². The van der Waals surface area contributed by atoms with E-state index in [0.29, 0.717) is 17.1 Å². The summed E-state index contributed by atoms with van der Waals surface area (Å²) < 4.78 is 3.90. The molecule has 0 saturated heterocycles. The highest BCUT2D eigenvalue weighted by molar-refractivity contribution is 7.08. The fraction of sp³-hybridized carbons (Fsp3) is 0.333. The van der Waals surface area contributed by atoms with Gasteiger partial charge < -0.3 is 4.90 Å². The SMILES string of the molecule is CC(C)c1nnsc1C(=O)N(CCC#N)c1ccccc1. The Morgan fingerprint density at radius 2 is 2.10 bits per heavy atom. The first kappa shape index (κ1) is 15.1. The first-order chi connectivity index (χ1) is 10.1. The van der Waals surface area contributed by atoms with Gasteiger partial charge in [-0.2, -0.15) is 5.26 Å². The van der Waals surface area contributed by atoms with Crippen LogP contribution in [-0.4, -0.2) is 22.0 Å². The number of carbonyl (C=O) groups excluding carboxylic acids is 1. The van der Waals surface area contributed by atoms with Gasteiger partial charge in [-0.1, -0.05) is 36.5 Å². The highest BCUT2D eigenvalue weighted by Crippen LogP contribution is 2.24. The number of carbonyl (C=O) groups is 1. The van der Waals surface area contributed by atoms with E-state index >= 15 is 0 Å². The van der Waals surface area contributed by atoms with Crippen LogP contribution in [0.5, 0.6) is 0 Å². The highest BCUT2D eigenvalue weighted by Gasteiger charge is 2.24. The Bertz CT molecular complexity index is 645. The molecule has 0 aliphatic carbocycles. The first-order valence-electron chi connectivity index (χ1n) is 6.71. The van der Waals surface area contributed by atoms with Crippen molar-refractivity contribution in [1.82, 2.24) is 9.59 Å². The Kier molecular flexibility index (Phi) is 5.01. The van der Waals surface area contributed by atoms with Gasteiger partial charge in [0.05, 0.1) is 18.2 Å². The van der Waals surface area contributed by atoms with Gasteiger partial charge in [0.1, 0.15) is 4.88 Å². The molecular weight excluding hydrogens is 284 g/mol. The topological polar surface area (TPSA) is 69.9 Å². The third-order valence-corrected chi connectivity index (χ3v) is 3.74. The summed E-state index contributed by atoms with van der Waals surface area (Å²) in [4.78, 5) is 14.9. The van der Waals surface area contributed by atoms with Crippen LogP contribution < -0.4 is 4.90 Å². The fourth-order valence-electron chi connectivity index (χ4n) is 1.96. The molecule has 1 aromatic heterocycles. The summed E-state index contributed by atoms with van der Waals surface area (Å²) in [6.45, 7) is 4.32. The van der Waals surface area contributed by atoms with Gasteiger partial charge in [-0.25, -0.2) is 0 Å². The molecule has 21 heavy (non-hydrogen) atoms. The molecule has 0 aliphatic rings. The molecule has 1 heterocycles. The quantitative estimate of drug-likeness (QED) is 0.850. The number of aromatic nitrogens is 2. The maximum atomic E-state index is 12.8. The standard InChI is InChI=1S/C15H16N4OS/c1-11(2)13-14(21-18-17-13)15(20)19(10-6-9-16)12-7-4-3-5-8-12/h3-5,7-8,11H,6,10H2,1-2H3. The second-order valence-corrected chi connectivity index (χ2v) is 5.60. The van der Waals surface area contributed by atoms with Gasteiger partial charge in [0, 0.05) is 12.2 Å². The summed E-state index contributed by atoms with van der Waals surface area (Å²) in [5.74, 6) is -0.00793. The second kappa shape index (κ2) is 6.95. The van der Waals surface area contributed by atoms with Crippen LogP contribution in [0.2, 0.25) is 0 Å². The van der Waals surface area contributed by atoms with Gasteiger partial charge in [-0.05, 0) is 29.6 Å². The lowest BCUT2D eigenvalue weighted by Gasteiger charge is -2.21. The summed E-state index contributed by atoms with van der Waals surface area (Å²) >= 11 is 1.11. The van der Waals surface area contributed by atoms with Crippen molar-refractivity contribution in [3.63, 3.8) is 0 Å². The van der Waals surface area contributed by atoms with Crippen LogP contribution in [0.3, 0.4) is 0 Å².